The Morgan fingerprint density at radius 2 is 1.14 bits per heavy atom. The van der Waals surface area contributed by atoms with Crippen LogP contribution in [0.4, 0.5) is 11.4 Å². The van der Waals surface area contributed by atoms with Crippen molar-refractivity contribution in [2.24, 2.45) is 0 Å². The van der Waals surface area contributed by atoms with Gasteiger partial charge in [0, 0.05) is 38.8 Å². The van der Waals surface area contributed by atoms with Crippen molar-refractivity contribution in [1.82, 2.24) is 4.57 Å². The Bertz CT molecular complexity index is 2580. The summed E-state index contributed by atoms with van der Waals surface area (Å²) < 4.78 is 2.41. The second kappa shape index (κ2) is 12.8. The summed E-state index contributed by atoms with van der Waals surface area (Å²) in [6.45, 7) is 2.34. The number of para-hydroxylation sites is 2. The first-order valence-corrected chi connectivity index (χ1v) is 17.7. The summed E-state index contributed by atoms with van der Waals surface area (Å²) >= 11 is 0. The SMILES string of the molecule is CC1(c2ccc3c(c2)c2cc(-c4ccc(Nc5ccccc5)c(-c5cccc(-c6ccccc6)c5)c4)ccc2n3-c2ccccc2)C=CC=CC1. The van der Waals surface area contributed by atoms with Gasteiger partial charge in [0.2, 0.25) is 0 Å². The molecule has 1 aromatic heterocycles. The van der Waals surface area contributed by atoms with E-state index in [1.165, 1.54) is 60.9 Å². The Morgan fingerprint density at radius 1 is 0.510 bits per heavy atom. The topological polar surface area (TPSA) is 17.0 Å². The average Bonchev–Trinajstić information content (AvgIpc) is 3.52. The summed E-state index contributed by atoms with van der Waals surface area (Å²) in [7, 11) is 0. The van der Waals surface area contributed by atoms with Crippen molar-refractivity contribution in [2.75, 3.05) is 5.32 Å². The van der Waals surface area contributed by atoms with E-state index >= 15 is 0 Å². The van der Waals surface area contributed by atoms with E-state index in [9.17, 15) is 0 Å². The van der Waals surface area contributed by atoms with E-state index in [-0.39, 0.29) is 5.41 Å². The van der Waals surface area contributed by atoms with Gasteiger partial charge >= 0.3 is 0 Å². The van der Waals surface area contributed by atoms with E-state index in [4.69, 9.17) is 0 Å². The Kier molecular flexibility index (Phi) is 7.71. The molecule has 9 rings (SSSR count). The normalized spacial score (nSPS) is 15.4. The first kappa shape index (κ1) is 30.7. The minimum absolute atomic E-state index is 0.0352. The van der Waals surface area contributed by atoms with Crippen LogP contribution in [0.3, 0.4) is 0 Å². The fourth-order valence-electron chi connectivity index (χ4n) is 7.60. The molecule has 2 heteroatoms. The lowest BCUT2D eigenvalue weighted by Crippen LogP contribution is -2.19. The van der Waals surface area contributed by atoms with Gasteiger partial charge < -0.3 is 9.88 Å². The number of allylic oxidation sites excluding steroid dienone is 4. The Hall–Kier alpha value is -6.38. The lowest BCUT2D eigenvalue weighted by atomic mass is 9.77. The smallest absolute Gasteiger partial charge is 0.0541 e. The second-order valence-electron chi connectivity index (χ2n) is 13.7. The zero-order valence-corrected chi connectivity index (χ0v) is 28.6. The van der Waals surface area contributed by atoms with E-state index in [1.54, 1.807) is 0 Å². The first-order chi connectivity index (χ1) is 25.1. The molecule has 0 saturated carbocycles. The number of fused-ring (bicyclic) bond motifs is 3. The molecule has 1 aliphatic rings. The number of aromatic nitrogens is 1. The number of benzene rings is 7. The molecule has 8 aromatic rings. The quantitative estimate of drug-likeness (QED) is 0.181. The summed E-state index contributed by atoms with van der Waals surface area (Å²) in [4.78, 5) is 0. The van der Waals surface area contributed by atoms with Crippen molar-refractivity contribution >= 4 is 33.2 Å². The summed E-state index contributed by atoms with van der Waals surface area (Å²) in [5.41, 5.74) is 14.2. The van der Waals surface area contributed by atoms with Crippen molar-refractivity contribution < 1.29 is 0 Å². The van der Waals surface area contributed by atoms with Gasteiger partial charge in [0.15, 0.2) is 0 Å². The zero-order chi connectivity index (χ0) is 34.2. The third kappa shape index (κ3) is 5.75. The lowest BCUT2D eigenvalue weighted by Gasteiger charge is -2.27. The molecule has 1 aliphatic carbocycles. The number of rotatable bonds is 7. The van der Waals surface area contributed by atoms with Gasteiger partial charge in [-0.15, -0.1) is 0 Å². The molecule has 244 valence electrons. The van der Waals surface area contributed by atoms with E-state index in [2.05, 4.69) is 211 Å². The highest BCUT2D eigenvalue weighted by Crippen LogP contribution is 2.41. The lowest BCUT2D eigenvalue weighted by molar-refractivity contribution is 0.600. The minimum Gasteiger partial charge on any atom is -0.355 e. The molecule has 2 nitrogen and oxygen atoms in total. The van der Waals surface area contributed by atoms with Crippen LogP contribution >= 0.6 is 0 Å². The molecular formula is C49H38N2. The van der Waals surface area contributed by atoms with Crippen LogP contribution in [0, 0.1) is 0 Å². The molecule has 51 heavy (non-hydrogen) atoms. The summed E-state index contributed by atoms with van der Waals surface area (Å²) in [6.07, 6.45) is 9.95. The zero-order valence-electron chi connectivity index (χ0n) is 28.6. The van der Waals surface area contributed by atoms with Crippen LogP contribution in [-0.2, 0) is 5.41 Å². The molecule has 1 N–H and O–H groups in total. The molecule has 0 saturated heterocycles. The van der Waals surface area contributed by atoms with Gasteiger partial charge in [-0.05, 0) is 107 Å². The average molecular weight is 655 g/mol. The van der Waals surface area contributed by atoms with Crippen LogP contribution in [0.15, 0.2) is 194 Å². The van der Waals surface area contributed by atoms with Crippen molar-refractivity contribution in [3.8, 4) is 39.1 Å². The van der Waals surface area contributed by atoms with E-state index < -0.39 is 0 Å². The largest absolute Gasteiger partial charge is 0.355 e. The van der Waals surface area contributed by atoms with Gasteiger partial charge in [0.05, 0.1) is 11.0 Å². The van der Waals surface area contributed by atoms with E-state index in [0.29, 0.717) is 0 Å². The third-order valence-electron chi connectivity index (χ3n) is 10.4. The maximum Gasteiger partial charge on any atom is 0.0541 e. The van der Waals surface area contributed by atoms with E-state index in [0.717, 1.165) is 23.4 Å². The van der Waals surface area contributed by atoms with Gasteiger partial charge in [-0.25, -0.2) is 0 Å². The molecule has 1 heterocycles. The van der Waals surface area contributed by atoms with Crippen molar-refractivity contribution in [3.63, 3.8) is 0 Å². The van der Waals surface area contributed by atoms with Crippen molar-refractivity contribution in [2.45, 2.75) is 18.8 Å². The van der Waals surface area contributed by atoms with Gasteiger partial charge in [0.1, 0.15) is 0 Å². The Morgan fingerprint density at radius 3 is 1.90 bits per heavy atom. The third-order valence-corrected chi connectivity index (χ3v) is 10.4. The summed E-state index contributed by atoms with van der Waals surface area (Å²) in [5, 5.41) is 6.24. The van der Waals surface area contributed by atoms with Crippen LogP contribution in [0.1, 0.15) is 18.9 Å². The molecule has 0 bridgehead atoms. The molecule has 0 amide bonds. The number of anilines is 2. The Labute approximate surface area is 299 Å². The predicted molar refractivity (Wildman–Crippen MR) is 217 cm³/mol. The molecular weight excluding hydrogens is 617 g/mol. The molecule has 7 aromatic carbocycles. The molecule has 1 unspecified atom stereocenters. The summed E-state index contributed by atoms with van der Waals surface area (Å²) in [6, 6.07) is 61.5. The molecule has 0 fully saturated rings. The molecule has 1 atom stereocenters. The molecule has 0 radical (unpaired) electrons. The van der Waals surface area contributed by atoms with Gasteiger partial charge in [-0.2, -0.15) is 0 Å². The highest BCUT2D eigenvalue weighted by Gasteiger charge is 2.25. The van der Waals surface area contributed by atoms with Crippen molar-refractivity contribution in [3.05, 3.63) is 200 Å². The fourth-order valence-corrected chi connectivity index (χ4v) is 7.60. The standard InChI is InChI=1S/C49H38N2/c1-49(29-12-5-13-30-49)40-25-28-48-45(34-40)44-33-38(24-27-47(44)51(48)42-21-10-4-11-22-42)37-23-26-46(50-41-19-8-3-9-20-41)43(32-37)39-18-14-17-36(31-39)35-15-6-2-7-16-35/h2-29,31-34,50H,30H2,1H3. The fraction of sp³-hybridized carbons (Fsp3) is 0.0612. The number of nitrogens with one attached hydrogen (secondary N) is 1. The van der Waals surface area contributed by atoms with Gasteiger partial charge in [-0.3, -0.25) is 0 Å². The maximum absolute atomic E-state index is 3.71. The highest BCUT2D eigenvalue weighted by atomic mass is 15.0. The molecule has 0 aliphatic heterocycles. The minimum atomic E-state index is -0.0352. The van der Waals surface area contributed by atoms with Crippen LogP contribution in [0.25, 0.3) is 60.9 Å². The predicted octanol–water partition coefficient (Wildman–Crippen LogP) is 13.3. The second-order valence-corrected chi connectivity index (χ2v) is 13.7. The van der Waals surface area contributed by atoms with Gasteiger partial charge in [0.25, 0.3) is 0 Å². The first-order valence-electron chi connectivity index (χ1n) is 17.7. The molecule has 0 spiro atoms. The van der Waals surface area contributed by atoms with Crippen molar-refractivity contribution in [1.29, 1.82) is 0 Å². The van der Waals surface area contributed by atoms with Crippen LogP contribution in [0.2, 0.25) is 0 Å². The summed E-state index contributed by atoms with van der Waals surface area (Å²) in [5.74, 6) is 0. The monoisotopic (exact) mass is 654 g/mol. The highest BCUT2D eigenvalue weighted by molar-refractivity contribution is 6.11. The number of nitrogens with zero attached hydrogens (tertiary/aromatic N) is 1. The Balaban J connectivity index is 1.22. The van der Waals surface area contributed by atoms with Crippen LogP contribution in [0.5, 0.6) is 0 Å². The van der Waals surface area contributed by atoms with Crippen LogP contribution < -0.4 is 5.32 Å². The number of hydrogen-bond donors (Lipinski definition) is 1. The van der Waals surface area contributed by atoms with Gasteiger partial charge in [-0.1, -0.05) is 134 Å². The number of hydrogen-bond acceptors (Lipinski definition) is 1. The van der Waals surface area contributed by atoms with E-state index in [1.807, 2.05) is 0 Å². The maximum atomic E-state index is 3.71. The van der Waals surface area contributed by atoms with Crippen LogP contribution in [-0.4, -0.2) is 4.57 Å².